The molecule has 0 aliphatic carbocycles. The first-order valence-electron chi connectivity index (χ1n) is 10.1. The molecule has 1 amide bonds. The van der Waals surface area contributed by atoms with Crippen molar-refractivity contribution in [1.82, 2.24) is 4.90 Å². The van der Waals surface area contributed by atoms with Gasteiger partial charge in [-0.2, -0.15) is 0 Å². The maximum atomic E-state index is 12.9. The number of para-hydroxylation sites is 1. The minimum absolute atomic E-state index is 0.0684. The van der Waals surface area contributed by atoms with E-state index in [2.05, 4.69) is 49.0 Å². The number of likely N-dealkylation sites (tertiary alicyclic amines) is 1. The predicted molar refractivity (Wildman–Crippen MR) is 111 cm³/mol. The molecule has 0 aromatic heterocycles. The number of hydrogen-bond acceptors (Lipinski definition) is 4. The van der Waals surface area contributed by atoms with Crippen LogP contribution in [0.4, 0.5) is 16.2 Å². The van der Waals surface area contributed by atoms with E-state index >= 15 is 0 Å². The van der Waals surface area contributed by atoms with Crippen LogP contribution in [-0.4, -0.2) is 44.3 Å². The molecule has 0 bridgehead atoms. The standard InChI is InChI=1S/C23H27N3O2/c1-23-12-14-24(2)21(23)25(3)20-11-10-17(15-18(20)23)28-22(27)26-13-6-8-16-7-4-5-9-19(16)26/h4-5,7,9-11,15,21H,6,8,12-14H2,1-3H3. The fourth-order valence-corrected chi connectivity index (χ4v) is 5.50. The lowest BCUT2D eigenvalue weighted by molar-refractivity contribution is 0.207. The Morgan fingerprint density at radius 2 is 1.93 bits per heavy atom. The third kappa shape index (κ3) is 2.46. The molecule has 2 aromatic carbocycles. The van der Waals surface area contributed by atoms with Gasteiger partial charge < -0.3 is 9.64 Å². The normalized spacial score (nSPS) is 26.0. The molecule has 3 aliphatic heterocycles. The Hall–Kier alpha value is -2.53. The third-order valence-electron chi connectivity index (χ3n) is 6.84. The van der Waals surface area contributed by atoms with E-state index in [0.717, 1.165) is 31.5 Å². The van der Waals surface area contributed by atoms with Gasteiger partial charge in [-0.1, -0.05) is 25.1 Å². The fourth-order valence-electron chi connectivity index (χ4n) is 5.50. The average molecular weight is 377 g/mol. The minimum Gasteiger partial charge on any atom is -0.410 e. The number of hydrogen-bond donors (Lipinski definition) is 0. The molecule has 2 atom stereocenters. The zero-order valence-electron chi connectivity index (χ0n) is 16.8. The summed E-state index contributed by atoms with van der Waals surface area (Å²) in [4.78, 5) is 19.5. The Morgan fingerprint density at radius 3 is 2.79 bits per heavy atom. The van der Waals surface area contributed by atoms with Crippen molar-refractivity contribution in [1.29, 1.82) is 0 Å². The molecule has 2 unspecified atom stereocenters. The predicted octanol–water partition coefficient (Wildman–Crippen LogP) is 4.01. The number of benzene rings is 2. The van der Waals surface area contributed by atoms with Gasteiger partial charge in [0.2, 0.25) is 0 Å². The second-order valence-corrected chi connectivity index (χ2v) is 8.56. The van der Waals surface area contributed by atoms with E-state index in [4.69, 9.17) is 4.74 Å². The molecule has 5 rings (SSSR count). The number of fused-ring (bicyclic) bond motifs is 4. The molecule has 146 valence electrons. The number of aryl methyl sites for hydroxylation is 1. The second-order valence-electron chi connectivity index (χ2n) is 8.56. The summed E-state index contributed by atoms with van der Waals surface area (Å²) < 4.78 is 5.85. The van der Waals surface area contributed by atoms with Gasteiger partial charge in [-0.3, -0.25) is 9.80 Å². The molecule has 1 saturated heterocycles. The highest BCUT2D eigenvalue weighted by Crippen LogP contribution is 2.51. The highest BCUT2D eigenvalue weighted by atomic mass is 16.6. The maximum absolute atomic E-state index is 12.9. The number of carbonyl (C=O) groups is 1. The molecule has 3 aliphatic rings. The smallest absolute Gasteiger partial charge is 0.410 e. The Balaban J connectivity index is 1.43. The van der Waals surface area contributed by atoms with Crippen molar-refractivity contribution in [3.63, 3.8) is 0 Å². The lowest BCUT2D eigenvalue weighted by atomic mass is 9.81. The SMILES string of the molecule is CN1CCC2(C)c3cc(OC(=O)N4CCCc5ccccc54)ccc3N(C)C12. The van der Waals surface area contributed by atoms with Crippen molar-refractivity contribution in [3.8, 4) is 5.75 Å². The van der Waals surface area contributed by atoms with Gasteiger partial charge in [-0.25, -0.2) is 4.79 Å². The molecule has 1 fully saturated rings. The van der Waals surface area contributed by atoms with Gasteiger partial charge in [0.15, 0.2) is 0 Å². The third-order valence-corrected chi connectivity index (χ3v) is 6.84. The van der Waals surface area contributed by atoms with Crippen LogP contribution in [0.1, 0.15) is 30.9 Å². The van der Waals surface area contributed by atoms with Crippen LogP contribution in [0.2, 0.25) is 0 Å². The van der Waals surface area contributed by atoms with Crippen molar-refractivity contribution in [2.75, 3.05) is 37.0 Å². The van der Waals surface area contributed by atoms with Crippen LogP contribution >= 0.6 is 0 Å². The molecule has 2 aromatic rings. The number of anilines is 2. The zero-order chi connectivity index (χ0) is 19.5. The van der Waals surface area contributed by atoms with Gasteiger partial charge >= 0.3 is 6.09 Å². The summed E-state index contributed by atoms with van der Waals surface area (Å²) in [5.41, 5.74) is 4.78. The van der Waals surface area contributed by atoms with E-state index in [9.17, 15) is 4.79 Å². The Kier molecular flexibility index (Phi) is 3.91. The van der Waals surface area contributed by atoms with Crippen LogP contribution in [0.25, 0.3) is 0 Å². The first-order valence-corrected chi connectivity index (χ1v) is 10.1. The van der Waals surface area contributed by atoms with E-state index in [0.29, 0.717) is 18.5 Å². The number of amides is 1. The summed E-state index contributed by atoms with van der Waals surface area (Å²) >= 11 is 0. The van der Waals surface area contributed by atoms with E-state index in [-0.39, 0.29) is 11.5 Å². The molecule has 0 radical (unpaired) electrons. The van der Waals surface area contributed by atoms with Crippen LogP contribution in [0, 0.1) is 0 Å². The summed E-state index contributed by atoms with van der Waals surface area (Å²) in [5, 5.41) is 0. The highest BCUT2D eigenvalue weighted by molar-refractivity contribution is 5.90. The van der Waals surface area contributed by atoms with Gasteiger partial charge in [0.25, 0.3) is 0 Å². The molecule has 0 N–H and O–H groups in total. The van der Waals surface area contributed by atoms with Gasteiger partial charge in [0, 0.05) is 31.2 Å². The number of rotatable bonds is 1. The number of carbonyl (C=O) groups excluding carboxylic acids is 1. The molecule has 28 heavy (non-hydrogen) atoms. The Morgan fingerprint density at radius 1 is 1.11 bits per heavy atom. The van der Waals surface area contributed by atoms with Crippen LogP contribution in [-0.2, 0) is 11.8 Å². The molecule has 5 nitrogen and oxygen atoms in total. The second kappa shape index (κ2) is 6.24. The summed E-state index contributed by atoms with van der Waals surface area (Å²) in [6.07, 6.45) is 3.17. The first kappa shape index (κ1) is 17.6. The largest absolute Gasteiger partial charge is 0.419 e. The molecule has 5 heteroatoms. The van der Waals surface area contributed by atoms with Crippen LogP contribution in [0.5, 0.6) is 5.75 Å². The summed E-state index contributed by atoms with van der Waals surface area (Å²) in [6, 6.07) is 14.2. The van der Waals surface area contributed by atoms with E-state index in [1.54, 1.807) is 4.90 Å². The average Bonchev–Trinajstić information content (AvgIpc) is 3.13. The highest BCUT2D eigenvalue weighted by Gasteiger charge is 2.52. The number of likely N-dealkylation sites (N-methyl/N-ethyl adjacent to an activating group) is 2. The number of nitrogens with zero attached hydrogens (tertiary/aromatic N) is 3. The summed E-state index contributed by atoms with van der Waals surface area (Å²) in [6.45, 7) is 4.11. The van der Waals surface area contributed by atoms with Crippen molar-refractivity contribution in [2.24, 2.45) is 0 Å². The molecule has 0 spiro atoms. The molecule has 3 heterocycles. The quantitative estimate of drug-likeness (QED) is 0.752. The molecule has 0 saturated carbocycles. The van der Waals surface area contributed by atoms with Gasteiger partial charge in [0.05, 0.1) is 11.9 Å². The Bertz CT molecular complexity index is 943. The van der Waals surface area contributed by atoms with Crippen LogP contribution in [0.15, 0.2) is 42.5 Å². The van der Waals surface area contributed by atoms with E-state index in [1.807, 2.05) is 24.3 Å². The molecular weight excluding hydrogens is 350 g/mol. The monoisotopic (exact) mass is 377 g/mol. The van der Waals surface area contributed by atoms with Crippen LogP contribution < -0.4 is 14.5 Å². The maximum Gasteiger partial charge on any atom is 0.419 e. The topological polar surface area (TPSA) is 36.0 Å². The van der Waals surface area contributed by atoms with Gasteiger partial charge in [-0.15, -0.1) is 0 Å². The van der Waals surface area contributed by atoms with Gasteiger partial charge in [-0.05, 0) is 61.7 Å². The van der Waals surface area contributed by atoms with E-state index < -0.39 is 0 Å². The van der Waals surface area contributed by atoms with E-state index in [1.165, 1.54) is 16.8 Å². The Labute approximate surface area is 166 Å². The minimum atomic E-state index is -0.288. The number of ether oxygens (including phenoxy) is 1. The summed E-state index contributed by atoms with van der Waals surface area (Å²) in [5.74, 6) is 0.636. The van der Waals surface area contributed by atoms with Crippen molar-refractivity contribution in [3.05, 3.63) is 53.6 Å². The zero-order valence-corrected chi connectivity index (χ0v) is 16.8. The summed E-state index contributed by atoms with van der Waals surface area (Å²) in [7, 11) is 4.35. The first-order chi connectivity index (χ1) is 13.5. The molecular formula is C23H27N3O2. The lowest BCUT2D eigenvalue weighted by Crippen LogP contribution is -2.45. The van der Waals surface area contributed by atoms with Gasteiger partial charge in [0.1, 0.15) is 5.75 Å². The lowest BCUT2D eigenvalue weighted by Gasteiger charge is -2.32. The van der Waals surface area contributed by atoms with Crippen molar-refractivity contribution >= 4 is 17.5 Å². The van der Waals surface area contributed by atoms with Crippen molar-refractivity contribution < 1.29 is 9.53 Å². The van der Waals surface area contributed by atoms with Crippen LogP contribution in [0.3, 0.4) is 0 Å². The van der Waals surface area contributed by atoms with Crippen molar-refractivity contribution in [2.45, 2.75) is 37.8 Å². The fraction of sp³-hybridized carbons (Fsp3) is 0.435.